The Morgan fingerprint density at radius 2 is 1.74 bits per heavy atom. The van der Waals surface area contributed by atoms with Gasteiger partial charge in [-0.1, -0.05) is 0 Å². The summed E-state index contributed by atoms with van der Waals surface area (Å²) in [6, 6.07) is 7.84. The summed E-state index contributed by atoms with van der Waals surface area (Å²) < 4.78 is 78.7. The fraction of sp³-hybridized carbons (Fsp3) is 0.528. The summed E-state index contributed by atoms with van der Waals surface area (Å²) in [5.74, 6) is -2.71. The lowest BCUT2D eigenvalue weighted by Crippen LogP contribution is -2.37. The molecule has 54 heavy (non-hydrogen) atoms. The number of carbonyl (C=O) groups excluding carboxylic acids is 2. The van der Waals surface area contributed by atoms with Gasteiger partial charge in [-0.05, 0) is 64.2 Å². The second-order valence-electron chi connectivity index (χ2n) is 13.5. The summed E-state index contributed by atoms with van der Waals surface area (Å²) in [7, 11) is 3.14. The van der Waals surface area contributed by atoms with E-state index in [-0.39, 0.29) is 56.2 Å². The molecule has 1 aromatic heterocycles. The van der Waals surface area contributed by atoms with Gasteiger partial charge in [0.25, 0.3) is 5.91 Å². The Bertz CT molecular complexity index is 1870. The summed E-state index contributed by atoms with van der Waals surface area (Å²) in [5.41, 5.74) is 2.32. The number of halogens is 2. The fourth-order valence-corrected chi connectivity index (χ4v) is 7.61. The van der Waals surface area contributed by atoms with Crippen LogP contribution in [0, 0.1) is 11.6 Å². The zero-order chi connectivity index (χ0) is 39.0. The third kappa shape index (κ3) is 10.1. The number of methoxy groups -OCH3 is 1. The first kappa shape index (κ1) is 41.0. The van der Waals surface area contributed by atoms with Crippen molar-refractivity contribution < 1.29 is 45.7 Å². The number of hydrogen-bond acceptors (Lipinski definition) is 12. The van der Waals surface area contributed by atoms with E-state index in [1.54, 1.807) is 6.07 Å². The summed E-state index contributed by atoms with van der Waals surface area (Å²) in [5, 5.41) is 10.7. The number of amides is 1. The highest BCUT2D eigenvalue weighted by molar-refractivity contribution is 7.89. The van der Waals surface area contributed by atoms with Crippen LogP contribution in [0.1, 0.15) is 41.4 Å². The number of ether oxygens (including phenoxy) is 4. The minimum atomic E-state index is -4.40. The predicted molar refractivity (Wildman–Crippen MR) is 198 cm³/mol. The van der Waals surface area contributed by atoms with Crippen LogP contribution in [0.25, 0.3) is 0 Å². The van der Waals surface area contributed by atoms with E-state index in [9.17, 15) is 26.8 Å². The molecule has 3 aromatic rings. The molecule has 1 fully saturated rings. The minimum Gasteiger partial charge on any atom is -0.445 e. The first-order valence-corrected chi connectivity index (χ1v) is 19.2. The summed E-state index contributed by atoms with van der Waals surface area (Å²) in [6.45, 7) is 4.20. The second-order valence-corrected chi connectivity index (χ2v) is 15.4. The number of sulfonamides is 1. The van der Waals surface area contributed by atoms with E-state index in [0.29, 0.717) is 49.4 Å². The van der Waals surface area contributed by atoms with Gasteiger partial charge in [-0.25, -0.2) is 22.0 Å². The number of benzene rings is 2. The van der Waals surface area contributed by atoms with Gasteiger partial charge in [-0.2, -0.15) is 8.99 Å². The Morgan fingerprint density at radius 1 is 1.04 bits per heavy atom. The van der Waals surface area contributed by atoms with Crippen molar-refractivity contribution in [3.63, 3.8) is 0 Å². The van der Waals surface area contributed by atoms with E-state index in [2.05, 4.69) is 32.5 Å². The zero-order valence-corrected chi connectivity index (χ0v) is 32.1. The van der Waals surface area contributed by atoms with Gasteiger partial charge in [0, 0.05) is 88.5 Å². The Balaban J connectivity index is 1.46. The lowest BCUT2D eigenvalue weighted by Gasteiger charge is -2.29. The van der Waals surface area contributed by atoms with E-state index in [1.165, 1.54) is 7.11 Å². The highest BCUT2D eigenvalue weighted by Gasteiger charge is 2.35. The van der Waals surface area contributed by atoms with E-state index < -0.39 is 38.6 Å². The summed E-state index contributed by atoms with van der Waals surface area (Å²) in [4.78, 5) is 31.1. The molecule has 0 saturated carbocycles. The number of nitrogens with zero attached hydrogens (tertiary/aromatic N) is 5. The van der Waals surface area contributed by atoms with Crippen molar-refractivity contribution in [1.29, 1.82) is 0 Å². The number of carbonyl (C=O) groups is 2. The Hall–Kier alpha value is -4.20. The van der Waals surface area contributed by atoms with Crippen LogP contribution < -0.4 is 15.5 Å². The van der Waals surface area contributed by atoms with Crippen molar-refractivity contribution in [3.8, 4) is 0 Å². The van der Waals surface area contributed by atoms with E-state index in [1.807, 2.05) is 33.3 Å². The third-order valence-electron chi connectivity index (χ3n) is 9.48. The van der Waals surface area contributed by atoms with Gasteiger partial charge >= 0.3 is 6.09 Å². The van der Waals surface area contributed by atoms with Gasteiger partial charge in [0.15, 0.2) is 5.82 Å². The third-order valence-corrected chi connectivity index (χ3v) is 11.3. The average Bonchev–Trinajstić information content (AvgIpc) is 3.50. The molecule has 18 heteroatoms. The van der Waals surface area contributed by atoms with Gasteiger partial charge in [0.1, 0.15) is 18.2 Å². The minimum absolute atomic E-state index is 0.0162. The summed E-state index contributed by atoms with van der Waals surface area (Å²) >= 11 is 0. The van der Waals surface area contributed by atoms with Crippen LogP contribution in [0.5, 0.6) is 0 Å². The fourth-order valence-electron chi connectivity index (χ4n) is 6.16. The van der Waals surface area contributed by atoms with Gasteiger partial charge < -0.3 is 39.4 Å². The lowest BCUT2D eigenvalue weighted by molar-refractivity contribution is 0.0417. The highest BCUT2D eigenvalue weighted by atomic mass is 32.2. The van der Waals surface area contributed by atoms with Gasteiger partial charge in [0.2, 0.25) is 10.0 Å². The lowest BCUT2D eigenvalue weighted by atomic mass is 10.1. The number of hydrogen-bond donors (Lipinski definition) is 2. The first-order chi connectivity index (χ1) is 25.8. The van der Waals surface area contributed by atoms with Crippen LogP contribution >= 0.6 is 0 Å². The molecular formula is C36H49F2N7O8S. The van der Waals surface area contributed by atoms with Crippen molar-refractivity contribution in [2.45, 2.75) is 49.7 Å². The van der Waals surface area contributed by atoms with Gasteiger partial charge in [-0.15, -0.1) is 5.10 Å². The van der Waals surface area contributed by atoms with E-state index >= 15 is 0 Å². The monoisotopic (exact) mass is 777 g/mol. The molecule has 2 aliphatic heterocycles. The number of anilines is 3. The molecule has 0 aliphatic carbocycles. The van der Waals surface area contributed by atoms with E-state index in [0.717, 1.165) is 46.2 Å². The average molecular weight is 778 g/mol. The molecule has 296 valence electrons. The Labute approximate surface area is 314 Å². The standard InChI is InChI=1S/C36H49F2N7O8S/c1-24(42(2)3)22-43(4)28-6-7-30(32(21-28)39-27-9-12-51-13-10-27)35(46)40-34-31-23-44(54(48,49)29-19-25(37)18-26(38)20-29)11-8-33(31)45(41-34)36(47)53-17-16-52-15-14-50-5/h6-7,18-21,24,27,39H,8-17,22-23H2,1-5H3,(H,40,41,46). The summed E-state index contributed by atoms with van der Waals surface area (Å²) in [6.07, 6.45) is 0.621. The predicted octanol–water partition coefficient (Wildman–Crippen LogP) is 3.79. The molecule has 2 aliphatic rings. The van der Waals surface area contributed by atoms with Crippen LogP contribution in [-0.2, 0) is 41.9 Å². The van der Waals surface area contributed by atoms with Crippen LogP contribution in [0.15, 0.2) is 41.3 Å². The SMILES string of the molecule is COCCOCCOC(=O)n1nc(NC(=O)c2ccc(N(C)CC(C)N(C)C)cc2NC2CCOCC2)c2c1CCN(S(=O)(=O)c1cc(F)cc(F)c1)C2. The van der Waals surface area contributed by atoms with Crippen molar-refractivity contribution in [3.05, 3.63) is 64.9 Å². The molecule has 15 nitrogen and oxygen atoms in total. The molecule has 2 N–H and O–H groups in total. The molecule has 1 saturated heterocycles. The van der Waals surface area contributed by atoms with E-state index in [4.69, 9.17) is 18.9 Å². The van der Waals surface area contributed by atoms with Crippen LogP contribution in [-0.4, -0.2) is 132 Å². The molecule has 0 radical (unpaired) electrons. The van der Waals surface area contributed by atoms with Crippen molar-refractivity contribution >= 4 is 39.2 Å². The molecule has 5 rings (SSSR count). The normalized spacial score (nSPS) is 15.9. The number of aromatic nitrogens is 2. The molecule has 1 unspecified atom stereocenters. The number of fused-ring (bicyclic) bond motifs is 1. The Morgan fingerprint density at radius 3 is 2.43 bits per heavy atom. The zero-order valence-electron chi connectivity index (χ0n) is 31.3. The van der Waals surface area contributed by atoms with Crippen molar-refractivity contribution in [2.75, 3.05) is 96.5 Å². The van der Waals surface area contributed by atoms with Gasteiger partial charge in [0.05, 0.1) is 36.0 Å². The maximum atomic E-state index is 14.2. The number of nitrogens with one attached hydrogen (secondary N) is 2. The molecule has 0 bridgehead atoms. The molecule has 3 heterocycles. The second kappa shape index (κ2) is 18.4. The van der Waals surface area contributed by atoms with Crippen molar-refractivity contribution in [2.24, 2.45) is 0 Å². The molecule has 1 amide bonds. The molecular weight excluding hydrogens is 729 g/mol. The van der Waals surface area contributed by atoms with Crippen LogP contribution in [0.2, 0.25) is 0 Å². The number of likely N-dealkylation sites (N-methyl/N-ethyl adjacent to an activating group) is 2. The first-order valence-electron chi connectivity index (χ1n) is 17.8. The number of rotatable bonds is 16. The maximum absolute atomic E-state index is 14.2. The smallest absolute Gasteiger partial charge is 0.435 e. The van der Waals surface area contributed by atoms with Crippen molar-refractivity contribution in [1.82, 2.24) is 19.0 Å². The largest absolute Gasteiger partial charge is 0.445 e. The quantitative estimate of drug-likeness (QED) is 0.203. The van der Waals surface area contributed by atoms with Gasteiger partial charge in [-0.3, -0.25) is 4.79 Å². The van der Waals surface area contributed by atoms with Crippen LogP contribution in [0.3, 0.4) is 0 Å². The topological polar surface area (TPSA) is 157 Å². The maximum Gasteiger partial charge on any atom is 0.435 e. The highest BCUT2D eigenvalue weighted by Crippen LogP contribution is 2.32. The molecule has 1 atom stereocenters. The Kier molecular flexibility index (Phi) is 14.0. The molecule has 0 spiro atoms. The van der Waals surface area contributed by atoms with Crippen LogP contribution in [0.4, 0.5) is 30.8 Å². The molecule has 2 aromatic carbocycles.